The van der Waals surface area contributed by atoms with Gasteiger partial charge in [0.2, 0.25) is 0 Å². The number of aromatic nitrogens is 2. The lowest BCUT2D eigenvalue weighted by Crippen LogP contribution is -2.30. The van der Waals surface area contributed by atoms with E-state index >= 15 is 0 Å². The van der Waals surface area contributed by atoms with E-state index in [4.69, 9.17) is 5.73 Å². The van der Waals surface area contributed by atoms with Gasteiger partial charge in [0, 0.05) is 37.9 Å². The zero-order valence-electron chi connectivity index (χ0n) is 11.7. The molecule has 1 heterocycles. The van der Waals surface area contributed by atoms with Gasteiger partial charge in [0.25, 0.3) is 0 Å². The second kappa shape index (κ2) is 6.50. The van der Waals surface area contributed by atoms with Crippen molar-refractivity contribution in [3.8, 4) is 0 Å². The fraction of sp³-hybridized carbons (Fsp3) is 0.400. The third kappa shape index (κ3) is 4.19. The van der Waals surface area contributed by atoms with Crippen molar-refractivity contribution in [2.75, 3.05) is 20.1 Å². The van der Waals surface area contributed by atoms with Crippen LogP contribution in [0.1, 0.15) is 17.2 Å². The molecule has 2 aromatic rings. The molecule has 0 aliphatic rings. The Bertz CT molecular complexity index is 492. The number of nitrogens with zero attached hydrogens (tertiary/aromatic N) is 3. The van der Waals surface area contributed by atoms with Crippen LogP contribution in [0.2, 0.25) is 0 Å². The highest BCUT2D eigenvalue weighted by molar-refractivity contribution is 5.15. The molecule has 0 saturated heterocycles. The second-order valence-electron chi connectivity index (χ2n) is 5.05. The Morgan fingerprint density at radius 1 is 1.32 bits per heavy atom. The summed E-state index contributed by atoms with van der Waals surface area (Å²) in [7, 11) is 4.02. The van der Waals surface area contributed by atoms with Gasteiger partial charge in [-0.1, -0.05) is 30.3 Å². The highest BCUT2D eigenvalue weighted by atomic mass is 15.2. The number of hydrogen-bond donors (Lipinski definition) is 1. The zero-order valence-corrected chi connectivity index (χ0v) is 11.7. The van der Waals surface area contributed by atoms with E-state index in [1.54, 1.807) is 4.68 Å². The van der Waals surface area contributed by atoms with E-state index < -0.39 is 0 Å². The fourth-order valence-electron chi connectivity index (χ4n) is 2.13. The molecule has 1 atom stereocenters. The van der Waals surface area contributed by atoms with Crippen molar-refractivity contribution >= 4 is 0 Å². The van der Waals surface area contributed by atoms with E-state index in [1.807, 2.05) is 25.5 Å². The molecule has 2 N–H and O–H groups in total. The van der Waals surface area contributed by atoms with Crippen molar-refractivity contribution in [1.29, 1.82) is 0 Å². The number of benzene rings is 1. The van der Waals surface area contributed by atoms with Gasteiger partial charge < -0.3 is 10.6 Å². The van der Waals surface area contributed by atoms with E-state index in [-0.39, 0.29) is 6.04 Å². The normalized spacial score (nSPS) is 12.8. The van der Waals surface area contributed by atoms with Gasteiger partial charge in [0.1, 0.15) is 0 Å². The van der Waals surface area contributed by atoms with Crippen molar-refractivity contribution in [3.63, 3.8) is 0 Å². The SMILES string of the molecule is CN(CCc1ccccc1)CC(N)c1cnn(C)c1. The number of aryl methyl sites for hydroxylation is 1. The van der Waals surface area contributed by atoms with E-state index in [0.29, 0.717) is 0 Å². The monoisotopic (exact) mass is 258 g/mol. The molecule has 0 aliphatic carbocycles. The predicted octanol–water partition coefficient (Wildman–Crippen LogP) is 1.59. The van der Waals surface area contributed by atoms with Crippen LogP contribution < -0.4 is 5.73 Å². The van der Waals surface area contributed by atoms with Crippen LogP contribution in [0.4, 0.5) is 0 Å². The molecule has 0 saturated carbocycles. The molecule has 0 bridgehead atoms. The first-order valence-electron chi connectivity index (χ1n) is 6.62. The average molecular weight is 258 g/mol. The van der Waals surface area contributed by atoms with Crippen LogP contribution in [0.5, 0.6) is 0 Å². The largest absolute Gasteiger partial charge is 0.323 e. The van der Waals surface area contributed by atoms with Crippen molar-refractivity contribution in [3.05, 3.63) is 53.9 Å². The van der Waals surface area contributed by atoms with Crippen LogP contribution in [-0.2, 0) is 13.5 Å². The maximum absolute atomic E-state index is 6.18. The Balaban J connectivity index is 1.79. The van der Waals surface area contributed by atoms with E-state index in [0.717, 1.165) is 25.1 Å². The van der Waals surface area contributed by atoms with Gasteiger partial charge in [-0.2, -0.15) is 5.10 Å². The maximum atomic E-state index is 6.18. The molecule has 1 aromatic carbocycles. The smallest absolute Gasteiger partial charge is 0.0537 e. The first kappa shape index (κ1) is 13.8. The molecule has 1 unspecified atom stereocenters. The van der Waals surface area contributed by atoms with Gasteiger partial charge in [-0.25, -0.2) is 0 Å². The maximum Gasteiger partial charge on any atom is 0.0537 e. The summed E-state index contributed by atoms with van der Waals surface area (Å²) in [5, 5.41) is 4.16. The van der Waals surface area contributed by atoms with E-state index in [1.165, 1.54) is 5.56 Å². The van der Waals surface area contributed by atoms with Crippen molar-refractivity contribution in [1.82, 2.24) is 14.7 Å². The van der Waals surface area contributed by atoms with Crippen LogP contribution >= 0.6 is 0 Å². The van der Waals surface area contributed by atoms with Crippen molar-refractivity contribution < 1.29 is 0 Å². The lowest BCUT2D eigenvalue weighted by atomic mass is 10.1. The molecule has 4 heteroatoms. The molecule has 4 nitrogen and oxygen atoms in total. The summed E-state index contributed by atoms with van der Waals surface area (Å²) < 4.78 is 1.79. The fourth-order valence-corrected chi connectivity index (χ4v) is 2.13. The van der Waals surface area contributed by atoms with Gasteiger partial charge >= 0.3 is 0 Å². The van der Waals surface area contributed by atoms with Crippen LogP contribution in [0, 0.1) is 0 Å². The third-order valence-corrected chi connectivity index (χ3v) is 3.29. The Morgan fingerprint density at radius 3 is 2.68 bits per heavy atom. The summed E-state index contributed by atoms with van der Waals surface area (Å²) in [5.41, 5.74) is 8.64. The van der Waals surface area contributed by atoms with Gasteiger partial charge in [0.05, 0.1) is 6.20 Å². The number of likely N-dealkylation sites (N-methyl/N-ethyl adjacent to an activating group) is 1. The predicted molar refractivity (Wildman–Crippen MR) is 77.8 cm³/mol. The Kier molecular flexibility index (Phi) is 4.71. The lowest BCUT2D eigenvalue weighted by Gasteiger charge is -2.20. The summed E-state index contributed by atoms with van der Waals surface area (Å²) in [4.78, 5) is 2.27. The van der Waals surface area contributed by atoms with Crippen LogP contribution in [0.3, 0.4) is 0 Å². The molecule has 0 aliphatic heterocycles. The van der Waals surface area contributed by atoms with E-state index in [9.17, 15) is 0 Å². The second-order valence-corrected chi connectivity index (χ2v) is 5.05. The van der Waals surface area contributed by atoms with Gasteiger partial charge in [-0.05, 0) is 19.0 Å². The molecule has 0 fully saturated rings. The highest BCUT2D eigenvalue weighted by Gasteiger charge is 2.10. The van der Waals surface area contributed by atoms with Crippen LogP contribution in [0.25, 0.3) is 0 Å². The van der Waals surface area contributed by atoms with Gasteiger partial charge in [0.15, 0.2) is 0 Å². The number of rotatable bonds is 6. The van der Waals surface area contributed by atoms with Crippen molar-refractivity contribution in [2.45, 2.75) is 12.5 Å². The molecule has 0 radical (unpaired) electrons. The van der Waals surface area contributed by atoms with Crippen LogP contribution in [0.15, 0.2) is 42.7 Å². The first-order valence-corrected chi connectivity index (χ1v) is 6.62. The van der Waals surface area contributed by atoms with Gasteiger partial charge in [-0.3, -0.25) is 4.68 Å². The summed E-state index contributed by atoms with van der Waals surface area (Å²) in [5.74, 6) is 0. The first-order chi connectivity index (χ1) is 9.15. The number of hydrogen-bond acceptors (Lipinski definition) is 3. The minimum Gasteiger partial charge on any atom is -0.323 e. The molecule has 0 spiro atoms. The lowest BCUT2D eigenvalue weighted by molar-refractivity contribution is 0.316. The average Bonchev–Trinajstić information content (AvgIpc) is 2.84. The minimum absolute atomic E-state index is 0.0227. The summed E-state index contributed by atoms with van der Waals surface area (Å²) >= 11 is 0. The molecule has 102 valence electrons. The standard InChI is InChI=1S/C15H22N4/c1-18(9-8-13-6-4-3-5-7-13)12-15(16)14-10-17-19(2)11-14/h3-7,10-11,15H,8-9,12,16H2,1-2H3. The Labute approximate surface area is 114 Å². The molecular formula is C15H22N4. The van der Waals surface area contributed by atoms with Crippen molar-refractivity contribution in [2.24, 2.45) is 12.8 Å². The summed E-state index contributed by atoms with van der Waals surface area (Å²) in [6, 6.07) is 10.6. The quantitative estimate of drug-likeness (QED) is 0.856. The molecule has 0 amide bonds. The zero-order chi connectivity index (χ0) is 13.7. The molecule has 19 heavy (non-hydrogen) atoms. The van der Waals surface area contributed by atoms with Crippen LogP contribution in [-0.4, -0.2) is 34.8 Å². The topological polar surface area (TPSA) is 47.1 Å². The minimum atomic E-state index is 0.0227. The number of nitrogens with two attached hydrogens (primary N) is 1. The summed E-state index contributed by atoms with van der Waals surface area (Å²) in [6.07, 6.45) is 4.88. The Morgan fingerprint density at radius 2 is 2.05 bits per heavy atom. The Hall–Kier alpha value is -1.65. The molecule has 2 rings (SSSR count). The highest BCUT2D eigenvalue weighted by Crippen LogP contribution is 2.10. The third-order valence-electron chi connectivity index (χ3n) is 3.29. The van der Waals surface area contributed by atoms with Gasteiger partial charge in [-0.15, -0.1) is 0 Å². The molecular weight excluding hydrogens is 236 g/mol. The summed E-state index contributed by atoms with van der Waals surface area (Å²) in [6.45, 7) is 1.86. The molecule has 1 aromatic heterocycles. The van der Waals surface area contributed by atoms with E-state index in [2.05, 4.69) is 41.3 Å².